The average Bonchev–Trinajstić information content (AvgIpc) is 2.96. The number of nitrogens with zero attached hydrogens (tertiary/aromatic N) is 2. The van der Waals surface area contributed by atoms with E-state index >= 15 is 0 Å². The molecule has 2 amide bonds. The van der Waals surface area contributed by atoms with Crippen molar-refractivity contribution in [3.05, 3.63) is 88.9 Å². The zero-order valence-corrected chi connectivity index (χ0v) is 25.5. The van der Waals surface area contributed by atoms with Gasteiger partial charge in [0, 0.05) is 18.1 Å². The van der Waals surface area contributed by atoms with E-state index in [-0.39, 0.29) is 17.3 Å². The molecule has 3 rings (SSSR count). The smallest absolute Gasteiger partial charge is 0.264 e. The molecule has 0 saturated carbocycles. The second kappa shape index (κ2) is 14.9. The largest absolute Gasteiger partial charge is 0.494 e. The number of nitrogens with one attached hydrogen (secondary N) is 1. The van der Waals surface area contributed by atoms with Gasteiger partial charge >= 0.3 is 0 Å². The van der Waals surface area contributed by atoms with Crippen molar-refractivity contribution in [3.63, 3.8) is 0 Å². The quantitative estimate of drug-likeness (QED) is 0.244. The molecule has 0 aliphatic rings. The van der Waals surface area contributed by atoms with Crippen LogP contribution < -0.4 is 14.4 Å². The molecule has 41 heavy (non-hydrogen) atoms. The Hall–Kier alpha value is -3.56. The molecule has 1 atom stereocenters. The van der Waals surface area contributed by atoms with Crippen molar-refractivity contribution >= 4 is 39.1 Å². The molecule has 3 aromatic carbocycles. The first-order chi connectivity index (χ1) is 19.6. The fraction of sp³-hybridized carbons (Fsp3) is 0.355. The minimum atomic E-state index is -4.17. The minimum absolute atomic E-state index is 0.0114. The number of amides is 2. The summed E-state index contributed by atoms with van der Waals surface area (Å²) in [5, 5.41) is 3.32. The number of sulfonamides is 1. The number of benzene rings is 3. The second-order valence-electron chi connectivity index (χ2n) is 9.69. The summed E-state index contributed by atoms with van der Waals surface area (Å²) in [6.07, 6.45) is 1.71. The first kappa shape index (κ1) is 32.0. The Bertz CT molecular complexity index is 1410. The lowest BCUT2D eigenvalue weighted by Crippen LogP contribution is -2.51. The Labute approximate surface area is 248 Å². The van der Waals surface area contributed by atoms with Crippen molar-refractivity contribution in [2.24, 2.45) is 0 Å². The van der Waals surface area contributed by atoms with Gasteiger partial charge in [-0.25, -0.2) is 8.42 Å². The van der Waals surface area contributed by atoms with Crippen molar-refractivity contribution in [1.29, 1.82) is 0 Å². The maximum atomic E-state index is 14.0. The van der Waals surface area contributed by atoms with Crippen molar-refractivity contribution < 1.29 is 22.7 Å². The van der Waals surface area contributed by atoms with Crippen LogP contribution in [0.25, 0.3) is 0 Å². The number of carbonyl (C=O) groups excluding carboxylic acids is 2. The highest BCUT2D eigenvalue weighted by Crippen LogP contribution is 2.27. The lowest BCUT2D eigenvalue weighted by molar-refractivity contribution is -0.139. The summed E-state index contributed by atoms with van der Waals surface area (Å²) in [5.41, 5.74) is 1.92. The number of halogens is 1. The average molecular weight is 600 g/mol. The van der Waals surface area contributed by atoms with Crippen molar-refractivity contribution in [2.45, 2.75) is 58.0 Å². The zero-order chi connectivity index (χ0) is 30.0. The SMILES string of the molecule is CCCCNC(=O)[C@@H](C)N(Cc1ccccc1Cl)C(=O)CN(c1ccc(C)cc1)S(=O)(=O)c1ccc(OCC)cc1. The fourth-order valence-corrected chi connectivity index (χ4v) is 5.78. The molecule has 0 aliphatic carbocycles. The Morgan fingerprint density at radius 1 is 0.976 bits per heavy atom. The van der Waals surface area contributed by atoms with Gasteiger partial charge in [0.2, 0.25) is 11.8 Å². The summed E-state index contributed by atoms with van der Waals surface area (Å²) in [7, 11) is -4.17. The molecule has 1 N–H and O–H groups in total. The first-order valence-corrected chi connectivity index (χ1v) is 15.5. The third-order valence-corrected chi connectivity index (χ3v) is 8.78. The van der Waals surface area contributed by atoms with Crippen LogP contribution in [0.1, 0.15) is 44.7 Å². The molecule has 0 radical (unpaired) electrons. The van der Waals surface area contributed by atoms with Crippen LogP contribution in [0.3, 0.4) is 0 Å². The van der Waals surface area contributed by atoms with Crippen molar-refractivity contribution in [1.82, 2.24) is 10.2 Å². The minimum Gasteiger partial charge on any atom is -0.494 e. The Kier molecular flexibility index (Phi) is 11.6. The molecule has 0 bridgehead atoms. The van der Waals surface area contributed by atoms with Gasteiger partial charge in [-0.05, 0) is 75.2 Å². The molecular weight excluding hydrogens is 562 g/mol. The Morgan fingerprint density at radius 2 is 1.63 bits per heavy atom. The monoisotopic (exact) mass is 599 g/mol. The topological polar surface area (TPSA) is 96.0 Å². The van der Waals surface area contributed by atoms with E-state index in [0.29, 0.717) is 35.2 Å². The van der Waals surface area contributed by atoms with E-state index in [1.165, 1.54) is 17.0 Å². The van der Waals surface area contributed by atoms with Gasteiger partial charge < -0.3 is 15.0 Å². The van der Waals surface area contributed by atoms with Gasteiger partial charge in [-0.3, -0.25) is 13.9 Å². The number of hydrogen-bond donors (Lipinski definition) is 1. The van der Waals surface area contributed by atoms with Crippen LogP contribution in [0.15, 0.2) is 77.7 Å². The normalized spacial score (nSPS) is 11.9. The van der Waals surface area contributed by atoms with E-state index in [1.807, 2.05) is 20.8 Å². The van der Waals surface area contributed by atoms with Crippen LogP contribution in [-0.4, -0.2) is 50.9 Å². The second-order valence-corrected chi connectivity index (χ2v) is 12.0. The molecule has 3 aromatic rings. The van der Waals surface area contributed by atoms with Crippen molar-refractivity contribution in [3.8, 4) is 5.75 Å². The van der Waals surface area contributed by atoms with Gasteiger partial charge in [-0.15, -0.1) is 0 Å². The van der Waals surface area contributed by atoms with Gasteiger partial charge in [0.05, 0.1) is 17.2 Å². The molecule has 10 heteroatoms. The van der Waals surface area contributed by atoms with Crippen molar-refractivity contribution in [2.75, 3.05) is 24.0 Å². The number of hydrogen-bond acceptors (Lipinski definition) is 5. The van der Waals surface area contributed by atoms with Gasteiger partial charge in [-0.1, -0.05) is 60.8 Å². The molecular formula is C31H38ClN3O5S. The highest BCUT2D eigenvalue weighted by atomic mass is 35.5. The van der Waals surface area contributed by atoms with E-state index in [9.17, 15) is 18.0 Å². The molecule has 0 fully saturated rings. The van der Waals surface area contributed by atoms with E-state index in [1.54, 1.807) is 67.6 Å². The number of carbonyl (C=O) groups is 2. The summed E-state index contributed by atoms with van der Waals surface area (Å²) >= 11 is 6.41. The predicted octanol–water partition coefficient (Wildman–Crippen LogP) is 5.58. The number of anilines is 1. The van der Waals surface area contributed by atoms with Crippen LogP contribution in [0.5, 0.6) is 5.75 Å². The summed E-state index contributed by atoms with van der Waals surface area (Å²) in [6.45, 7) is 7.83. The zero-order valence-electron chi connectivity index (χ0n) is 24.0. The van der Waals surface area contributed by atoms with E-state index < -0.39 is 28.5 Å². The van der Waals surface area contributed by atoms with Gasteiger partial charge in [-0.2, -0.15) is 0 Å². The van der Waals surface area contributed by atoms with Gasteiger partial charge in [0.25, 0.3) is 10.0 Å². The van der Waals surface area contributed by atoms with E-state index in [4.69, 9.17) is 16.3 Å². The summed E-state index contributed by atoms with van der Waals surface area (Å²) in [4.78, 5) is 28.4. The van der Waals surface area contributed by atoms with E-state index in [0.717, 1.165) is 22.7 Å². The highest BCUT2D eigenvalue weighted by molar-refractivity contribution is 7.92. The number of aryl methyl sites for hydroxylation is 1. The van der Waals surface area contributed by atoms with Crippen LogP contribution in [-0.2, 0) is 26.2 Å². The van der Waals surface area contributed by atoms with Crippen LogP contribution in [0, 0.1) is 6.92 Å². The van der Waals surface area contributed by atoms with Crippen LogP contribution in [0.4, 0.5) is 5.69 Å². The fourth-order valence-electron chi connectivity index (χ4n) is 4.17. The standard InChI is InChI=1S/C31H38ClN3O5S/c1-5-7-20-33-31(37)24(4)34(21-25-10-8-9-11-29(25)32)30(36)22-35(26-14-12-23(3)13-15-26)41(38,39)28-18-16-27(17-19-28)40-6-2/h8-19,24H,5-7,20-22H2,1-4H3,(H,33,37)/t24-/m1/s1. The van der Waals surface area contributed by atoms with Crippen LogP contribution >= 0.6 is 11.6 Å². The molecule has 0 spiro atoms. The lowest BCUT2D eigenvalue weighted by atomic mass is 10.1. The predicted molar refractivity (Wildman–Crippen MR) is 163 cm³/mol. The van der Waals surface area contributed by atoms with Crippen LogP contribution in [0.2, 0.25) is 5.02 Å². The first-order valence-electron chi connectivity index (χ1n) is 13.7. The summed E-state index contributed by atoms with van der Waals surface area (Å²) in [6, 6.07) is 19.2. The molecule has 220 valence electrons. The molecule has 0 aromatic heterocycles. The maximum Gasteiger partial charge on any atom is 0.264 e. The highest BCUT2D eigenvalue weighted by Gasteiger charge is 2.32. The molecule has 0 unspecified atom stereocenters. The Balaban J connectivity index is 2.00. The molecule has 0 saturated heterocycles. The molecule has 8 nitrogen and oxygen atoms in total. The lowest BCUT2D eigenvalue weighted by Gasteiger charge is -2.32. The van der Waals surface area contributed by atoms with Gasteiger partial charge in [0.15, 0.2) is 0 Å². The van der Waals surface area contributed by atoms with Gasteiger partial charge in [0.1, 0.15) is 18.3 Å². The number of rotatable bonds is 14. The molecule has 0 heterocycles. The molecule has 0 aliphatic heterocycles. The third-order valence-electron chi connectivity index (χ3n) is 6.62. The number of ether oxygens (including phenoxy) is 1. The maximum absolute atomic E-state index is 14.0. The summed E-state index contributed by atoms with van der Waals surface area (Å²) < 4.78 is 34.4. The third kappa shape index (κ3) is 8.47. The number of unbranched alkanes of at least 4 members (excludes halogenated alkanes) is 1. The summed E-state index contributed by atoms with van der Waals surface area (Å²) in [5.74, 6) is -0.327. The van der Waals surface area contributed by atoms with E-state index in [2.05, 4.69) is 5.32 Å². The Morgan fingerprint density at radius 3 is 2.24 bits per heavy atom.